The summed E-state index contributed by atoms with van der Waals surface area (Å²) >= 11 is 0. The van der Waals surface area contributed by atoms with Gasteiger partial charge in [0, 0.05) is 23.9 Å². The molecule has 2 aromatic rings. The van der Waals surface area contributed by atoms with E-state index in [4.69, 9.17) is 0 Å². The standard InChI is InChI=1S/C20H22N2O/c23-22-20-16-12-7-13-17(20)19(15-10-5-2-6-11-15)21-18(16)14-8-3-1-4-9-14/h1-6,8-11,16-19,21,23H,7,12-13H2/t16-,17-,18+,19+/m1/s1. The first-order chi connectivity index (χ1) is 11.4. The normalized spacial score (nSPS) is 30.0. The van der Waals surface area contributed by atoms with E-state index in [1.165, 1.54) is 17.5 Å². The topological polar surface area (TPSA) is 44.6 Å². The molecule has 0 amide bonds. The van der Waals surface area contributed by atoms with E-state index >= 15 is 0 Å². The largest absolute Gasteiger partial charge is 0.411 e. The summed E-state index contributed by atoms with van der Waals surface area (Å²) in [4.78, 5) is 0. The highest BCUT2D eigenvalue weighted by atomic mass is 16.4. The summed E-state index contributed by atoms with van der Waals surface area (Å²) in [5, 5.41) is 17.3. The van der Waals surface area contributed by atoms with Crippen LogP contribution in [0.5, 0.6) is 0 Å². The Morgan fingerprint density at radius 3 is 1.70 bits per heavy atom. The number of nitrogens with one attached hydrogen (secondary N) is 1. The van der Waals surface area contributed by atoms with E-state index in [0.717, 1.165) is 18.6 Å². The van der Waals surface area contributed by atoms with Crippen molar-refractivity contribution in [2.45, 2.75) is 31.3 Å². The minimum absolute atomic E-state index is 0.212. The van der Waals surface area contributed by atoms with Gasteiger partial charge < -0.3 is 10.5 Å². The molecular weight excluding hydrogens is 284 g/mol. The Hall–Kier alpha value is -2.13. The molecule has 2 aliphatic rings. The van der Waals surface area contributed by atoms with Gasteiger partial charge in [0.2, 0.25) is 0 Å². The lowest BCUT2D eigenvalue weighted by Crippen LogP contribution is -2.50. The molecule has 1 aliphatic heterocycles. The van der Waals surface area contributed by atoms with Gasteiger partial charge in [0.1, 0.15) is 0 Å². The van der Waals surface area contributed by atoms with E-state index in [1.807, 2.05) is 12.1 Å². The van der Waals surface area contributed by atoms with E-state index < -0.39 is 0 Å². The zero-order valence-corrected chi connectivity index (χ0v) is 13.1. The van der Waals surface area contributed by atoms with Crippen LogP contribution in [0.4, 0.5) is 0 Å². The molecule has 2 bridgehead atoms. The van der Waals surface area contributed by atoms with Crippen LogP contribution in [-0.2, 0) is 0 Å². The highest BCUT2D eigenvalue weighted by Gasteiger charge is 2.45. The lowest BCUT2D eigenvalue weighted by molar-refractivity contribution is 0.214. The van der Waals surface area contributed by atoms with Gasteiger partial charge in [0.15, 0.2) is 0 Å². The average molecular weight is 306 g/mol. The fourth-order valence-electron chi connectivity index (χ4n) is 4.36. The van der Waals surface area contributed by atoms with Crippen LogP contribution in [0.25, 0.3) is 0 Å². The van der Waals surface area contributed by atoms with Gasteiger partial charge in [-0.15, -0.1) is 0 Å². The summed E-state index contributed by atoms with van der Waals surface area (Å²) in [5.74, 6) is 0.585. The van der Waals surface area contributed by atoms with Crippen LogP contribution in [-0.4, -0.2) is 10.9 Å². The molecule has 2 fully saturated rings. The lowest BCUT2D eigenvalue weighted by atomic mass is 9.67. The molecule has 4 rings (SSSR count). The van der Waals surface area contributed by atoms with Crippen LogP contribution in [0.3, 0.4) is 0 Å². The van der Waals surface area contributed by atoms with Gasteiger partial charge in [0.25, 0.3) is 0 Å². The first kappa shape index (κ1) is 14.5. The predicted molar refractivity (Wildman–Crippen MR) is 91.6 cm³/mol. The second kappa shape index (κ2) is 6.17. The zero-order chi connectivity index (χ0) is 15.6. The van der Waals surface area contributed by atoms with E-state index in [0.29, 0.717) is 11.8 Å². The molecule has 118 valence electrons. The van der Waals surface area contributed by atoms with Crippen molar-refractivity contribution in [1.29, 1.82) is 0 Å². The molecular formula is C20H22N2O. The number of nitrogens with zero attached hydrogens (tertiary/aromatic N) is 1. The molecule has 0 radical (unpaired) electrons. The zero-order valence-electron chi connectivity index (χ0n) is 13.1. The molecule has 0 aromatic heterocycles. The summed E-state index contributed by atoms with van der Waals surface area (Å²) in [5.41, 5.74) is 3.54. The van der Waals surface area contributed by atoms with Crippen molar-refractivity contribution in [2.75, 3.05) is 0 Å². The van der Waals surface area contributed by atoms with E-state index in [9.17, 15) is 5.21 Å². The SMILES string of the molecule is ON=C1[C@@H]2CCC[C@@H]1[C@H](c1ccccc1)N[C@H]2c1ccccc1. The van der Waals surface area contributed by atoms with Crippen molar-refractivity contribution in [3.63, 3.8) is 0 Å². The summed E-state index contributed by atoms with van der Waals surface area (Å²) in [7, 11) is 0. The fourth-order valence-corrected chi connectivity index (χ4v) is 4.36. The molecule has 1 aliphatic carbocycles. The van der Waals surface area contributed by atoms with Crippen LogP contribution >= 0.6 is 0 Å². The van der Waals surface area contributed by atoms with Gasteiger partial charge in [-0.3, -0.25) is 0 Å². The third-order valence-electron chi connectivity index (χ3n) is 5.39. The van der Waals surface area contributed by atoms with Gasteiger partial charge in [0.05, 0.1) is 5.71 Å². The number of benzene rings is 2. The Balaban J connectivity index is 1.76. The first-order valence-corrected chi connectivity index (χ1v) is 8.46. The first-order valence-electron chi connectivity index (χ1n) is 8.46. The molecule has 23 heavy (non-hydrogen) atoms. The molecule has 1 heterocycles. The second-order valence-electron chi connectivity index (χ2n) is 6.61. The molecule has 1 saturated heterocycles. The number of hydrogen-bond donors (Lipinski definition) is 2. The highest BCUT2D eigenvalue weighted by Crippen LogP contribution is 2.46. The van der Waals surface area contributed by atoms with E-state index in [-0.39, 0.29) is 12.1 Å². The maximum absolute atomic E-state index is 9.69. The van der Waals surface area contributed by atoms with Crippen molar-refractivity contribution in [3.05, 3.63) is 71.8 Å². The fraction of sp³-hybridized carbons (Fsp3) is 0.350. The molecule has 0 unspecified atom stereocenters. The third kappa shape index (κ3) is 2.55. The number of oxime groups is 1. The van der Waals surface area contributed by atoms with Crippen LogP contribution in [0, 0.1) is 11.8 Å². The van der Waals surface area contributed by atoms with Gasteiger partial charge in [-0.1, -0.05) is 72.2 Å². The van der Waals surface area contributed by atoms with E-state index in [1.54, 1.807) is 0 Å². The Labute approximate surface area is 137 Å². The Kier molecular flexibility index (Phi) is 3.88. The van der Waals surface area contributed by atoms with Crippen LogP contribution in [0.1, 0.15) is 42.5 Å². The molecule has 2 aromatic carbocycles. The maximum atomic E-state index is 9.69. The Bertz CT molecular complexity index is 628. The second-order valence-corrected chi connectivity index (χ2v) is 6.61. The molecule has 3 nitrogen and oxygen atoms in total. The molecule has 1 saturated carbocycles. The van der Waals surface area contributed by atoms with Gasteiger partial charge in [-0.25, -0.2) is 0 Å². The van der Waals surface area contributed by atoms with Crippen molar-refractivity contribution in [3.8, 4) is 0 Å². The van der Waals surface area contributed by atoms with Gasteiger partial charge in [-0.2, -0.15) is 0 Å². The molecule has 4 atom stereocenters. The number of piperidine rings is 1. The highest BCUT2D eigenvalue weighted by molar-refractivity contribution is 5.91. The summed E-state index contributed by atoms with van der Waals surface area (Å²) in [6, 6.07) is 21.5. The van der Waals surface area contributed by atoms with Crippen LogP contribution in [0.2, 0.25) is 0 Å². The quantitative estimate of drug-likeness (QED) is 0.641. The predicted octanol–water partition coefficient (Wildman–Crippen LogP) is 4.32. The van der Waals surface area contributed by atoms with Crippen molar-refractivity contribution in [2.24, 2.45) is 17.0 Å². The van der Waals surface area contributed by atoms with Gasteiger partial charge in [-0.05, 0) is 24.0 Å². The molecule has 3 heteroatoms. The Morgan fingerprint density at radius 1 is 0.783 bits per heavy atom. The lowest BCUT2D eigenvalue weighted by Gasteiger charge is -2.46. The number of rotatable bonds is 2. The minimum atomic E-state index is 0.212. The Morgan fingerprint density at radius 2 is 1.26 bits per heavy atom. The summed E-state index contributed by atoms with van der Waals surface area (Å²) in [6.45, 7) is 0. The number of fused-ring (bicyclic) bond motifs is 2. The minimum Gasteiger partial charge on any atom is -0.411 e. The average Bonchev–Trinajstić information content (AvgIpc) is 2.63. The smallest absolute Gasteiger partial charge is 0.0670 e. The monoisotopic (exact) mass is 306 g/mol. The molecule has 2 N–H and O–H groups in total. The molecule has 0 spiro atoms. The van der Waals surface area contributed by atoms with Crippen molar-refractivity contribution in [1.82, 2.24) is 5.32 Å². The van der Waals surface area contributed by atoms with Gasteiger partial charge >= 0.3 is 0 Å². The van der Waals surface area contributed by atoms with Crippen LogP contribution in [0.15, 0.2) is 65.8 Å². The van der Waals surface area contributed by atoms with E-state index in [2.05, 4.69) is 59.0 Å². The summed E-state index contributed by atoms with van der Waals surface area (Å²) < 4.78 is 0. The summed E-state index contributed by atoms with van der Waals surface area (Å²) in [6.07, 6.45) is 3.37. The third-order valence-corrected chi connectivity index (χ3v) is 5.39. The van der Waals surface area contributed by atoms with Crippen molar-refractivity contribution < 1.29 is 5.21 Å². The maximum Gasteiger partial charge on any atom is 0.0670 e. The van der Waals surface area contributed by atoms with Crippen LogP contribution < -0.4 is 5.32 Å². The number of hydrogen-bond acceptors (Lipinski definition) is 3. The van der Waals surface area contributed by atoms with Crippen molar-refractivity contribution >= 4 is 5.71 Å².